The van der Waals surface area contributed by atoms with Gasteiger partial charge in [0.15, 0.2) is 0 Å². The quantitative estimate of drug-likeness (QED) is 0.239. The summed E-state index contributed by atoms with van der Waals surface area (Å²) in [5.74, 6) is 1.38. The predicted octanol–water partition coefficient (Wildman–Crippen LogP) is 7.02. The highest BCUT2D eigenvalue weighted by molar-refractivity contribution is 8.10. The molecule has 0 atom stereocenters. The number of rotatable bonds is 10. The van der Waals surface area contributed by atoms with Crippen molar-refractivity contribution >= 4 is 47.3 Å². The number of carbonyl (C=O) groups is 1. The van der Waals surface area contributed by atoms with Crippen LogP contribution in [0.3, 0.4) is 0 Å². The number of ether oxygens (including phenoxy) is 1. The number of hydrogen-bond acceptors (Lipinski definition) is 6. The molecule has 2 aromatic rings. The third kappa shape index (κ3) is 6.92. The Labute approximate surface area is 236 Å². The maximum absolute atomic E-state index is 14.6. The second-order valence-electron chi connectivity index (χ2n) is 9.75. The predicted molar refractivity (Wildman–Crippen MR) is 156 cm³/mol. The normalized spacial score (nSPS) is 17.9. The van der Waals surface area contributed by atoms with E-state index in [1.807, 2.05) is 6.08 Å². The monoisotopic (exact) mass is 584 g/mol. The highest BCUT2D eigenvalue weighted by Crippen LogP contribution is 2.47. The zero-order valence-corrected chi connectivity index (χ0v) is 23.6. The van der Waals surface area contributed by atoms with Crippen LogP contribution in [0.25, 0.3) is 10.5 Å². The van der Waals surface area contributed by atoms with Crippen molar-refractivity contribution in [2.24, 2.45) is 0 Å². The molecule has 1 aromatic heterocycles. The third-order valence-electron chi connectivity index (χ3n) is 6.67. The van der Waals surface area contributed by atoms with Crippen LogP contribution in [0.5, 0.6) is 5.75 Å². The van der Waals surface area contributed by atoms with Gasteiger partial charge in [0.05, 0.1) is 18.5 Å². The van der Waals surface area contributed by atoms with E-state index in [0.29, 0.717) is 35.6 Å². The van der Waals surface area contributed by atoms with E-state index in [2.05, 4.69) is 38.9 Å². The Balaban J connectivity index is 1.42. The van der Waals surface area contributed by atoms with E-state index in [0.717, 1.165) is 24.9 Å². The molecular weight excluding hydrogens is 556 g/mol. The molecule has 3 heterocycles. The molecule has 208 valence electrons. The number of amides is 1. The maximum atomic E-state index is 14.6. The Morgan fingerprint density at radius 3 is 2.70 bits per heavy atom. The van der Waals surface area contributed by atoms with Crippen molar-refractivity contribution in [2.75, 3.05) is 25.0 Å². The molecule has 1 aliphatic carbocycles. The maximum Gasteiger partial charge on any atom is 0.420 e. The van der Waals surface area contributed by atoms with E-state index < -0.39 is 17.6 Å². The summed E-state index contributed by atoms with van der Waals surface area (Å²) in [6.07, 6.45) is 4.05. The SMILES string of the molecule is C=C(S/C=C(\C)C(=O)Nc1ccc(OC2CC2)c(C(F)(F)F)c1C1=CCN(CC2=PC=C2)CC1)c1ccnnc1. The second kappa shape index (κ2) is 12.1. The molecule has 6 nitrogen and oxygen atoms in total. The van der Waals surface area contributed by atoms with E-state index in [-0.39, 0.29) is 23.1 Å². The number of benzene rings is 1. The lowest BCUT2D eigenvalue weighted by molar-refractivity contribution is -0.139. The molecule has 1 fully saturated rings. The van der Waals surface area contributed by atoms with E-state index in [9.17, 15) is 18.0 Å². The summed E-state index contributed by atoms with van der Waals surface area (Å²) < 4.78 is 49.5. The molecule has 1 amide bonds. The van der Waals surface area contributed by atoms with Crippen LogP contribution < -0.4 is 10.1 Å². The van der Waals surface area contributed by atoms with Crippen LogP contribution in [-0.2, 0) is 11.0 Å². The third-order valence-corrected chi connectivity index (χ3v) is 8.58. The molecule has 0 saturated heterocycles. The lowest BCUT2D eigenvalue weighted by Gasteiger charge is -2.30. The van der Waals surface area contributed by atoms with E-state index in [1.165, 1.54) is 37.4 Å². The number of nitrogens with one attached hydrogen (secondary N) is 1. The van der Waals surface area contributed by atoms with E-state index in [4.69, 9.17) is 4.74 Å². The van der Waals surface area contributed by atoms with Crippen molar-refractivity contribution in [3.05, 3.63) is 82.8 Å². The Kier molecular flexibility index (Phi) is 8.59. The van der Waals surface area contributed by atoms with Gasteiger partial charge in [-0.3, -0.25) is 9.69 Å². The lowest BCUT2D eigenvalue weighted by atomic mass is 9.91. The number of alkyl halides is 3. The molecule has 3 aliphatic rings. The van der Waals surface area contributed by atoms with Gasteiger partial charge in [-0.05, 0) is 72.6 Å². The van der Waals surface area contributed by atoms with Crippen molar-refractivity contribution in [1.82, 2.24) is 15.1 Å². The van der Waals surface area contributed by atoms with Crippen molar-refractivity contribution in [3.63, 3.8) is 0 Å². The Hall–Kier alpha value is -3.20. The minimum Gasteiger partial charge on any atom is -0.490 e. The Morgan fingerprint density at radius 1 is 1.30 bits per heavy atom. The van der Waals surface area contributed by atoms with Gasteiger partial charge in [-0.25, -0.2) is 0 Å². The highest BCUT2D eigenvalue weighted by Gasteiger charge is 2.41. The van der Waals surface area contributed by atoms with Crippen LogP contribution in [-0.4, -0.2) is 52.0 Å². The molecule has 0 spiro atoms. The number of hydrogen-bond donors (Lipinski definition) is 1. The standard InChI is InChI=1S/C29H28F3N4O2PS/c1-18(17-40-19(2)21-7-11-33-34-15-21)28(37)35-24-5-6-25(38-22-3-4-22)27(29(30,31)32)26(24)20-8-12-36(13-9-20)16-23-10-14-39-23/h5-8,10-11,14-15,17,22H,2-4,9,12-13,16H2,1H3,(H,35,37)/b18-17+. The minimum atomic E-state index is -4.67. The van der Waals surface area contributed by atoms with Crippen LogP contribution in [0, 0.1) is 0 Å². The molecule has 0 unspecified atom stereocenters. The van der Waals surface area contributed by atoms with Crippen LogP contribution >= 0.6 is 20.0 Å². The van der Waals surface area contributed by atoms with E-state index >= 15 is 0 Å². The molecule has 1 N–H and O–H groups in total. The first kappa shape index (κ1) is 28.3. The lowest BCUT2D eigenvalue weighted by Crippen LogP contribution is -2.33. The number of anilines is 1. The number of halogens is 3. The van der Waals surface area contributed by atoms with Gasteiger partial charge < -0.3 is 10.1 Å². The van der Waals surface area contributed by atoms with Crippen molar-refractivity contribution < 1.29 is 22.7 Å². The molecule has 40 heavy (non-hydrogen) atoms. The van der Waals surface area contributed by atoms with Gasteiger partial charge in [-0.1, -0.05) is 32.6 Å². The zero-order chi connectivity index (χ0) is 28.3. The van der Waals surface area contributed by atoms with Gasteiger partial charge in [0.1, 0.15) is 11.3 Å². The van der Waals surface area contributed by atoms with Gasteiger partial charge >= 0.3 is 6.18 Å². The van der Waals surface area contributed by atoms with E-state index in [1.54, 1.807) is 30.8 Å². The first-order chi connectivity index (χ1) is 19.2. The Bertz CT molecular complexity index is 1430. The van der Waals surface area contributed by atoms with Crippen LogP contribution in [0.15, 0.2) is 66.1 Å². The van der Waals surface area contributed by atoms with Crippen molar-refractivity contribution in [1.29, 1.82) is 0 Å². The fourth-order valence-electron chi connectivity index (χ4n) is 4.31. The van der Waals surface area contributed by atoms with Gasteiger partial charge in [0.2, 0.25) is 0 Å². The number of carbonyl (C=O) groups excluding carboxylic acids is 1. The molecule has 2 aliphatic heterocycles. The summed E-state index contributed by atoms with van der Waals surface area (Å²) in [6.45, 7) is 7.55. The fraction of sp³-hybridized carbons (Fsp3) is 0.310. The molecular formula is C29H28F3N4O2PS. The smallest absolute Gasteiger partial charge is 0.420 e. The fourth-order valence-corrected chi connectivity index (χ4v) is 5.63. The molecule has 5 rings (SSSR count). The average Bonchev–Trinajstić information content (AvgIpc) is 3.74. The first-order valence-electron chi connectivity index (χ1n) is 12.9. The molecule has 1 aromatic carbocycles. The number of nitrogens with zero attached hydrogens (tertiary/aromatic N) is 3. The highest BCUT2D eigenvalue weighted by atomic mass is 32.2. The largest absolute Gasteiger partial charge is 0.490 e. The summed E-state index contributed by atoms with van der Waals surface area (Å²) in [5.41, 5.74) is 0.921. The van der Waals surface area contributed by atoms with Gasteiger partial charge in [-0.2, -0.15) is 23.4 Å². The first-order valence-corrected chi connectivity index (χ1v) is 14.7. The second-order valence-corrected chi connectivity index (χ2v) is 11.8. The summed E-state index contributed by atoms with van der Waals surface area (Å²) in [6, 6.07) is 4.59. The molecule has 1 saturated carbocycles. The number of thioether (sulfide) groups is 1. The van der Waals surface area contributed by atoms with Gasteiger partial charge in [0, 0.05) is 46.9 Å². The van der Waals surface area contributed by atoms with Crippen LogP contribution in [0.1, 0.15) is 42.9 Å². The topological polar surface area (TPSA) is 67.3 Å². The summed E-state index contributed by atoms with van der Waals surface area (Å²) in [5, 5.41) is 13.2. The van der Waals surface area contributed by atoms with Gasteiger partial charge in [0.25, 0.3) is 5.91 Å². The summed E-state index contributed by atoms with van der Waals surface area (Å²) in [4.78, 5) is 16.0. The Morgan fingerprint density at radius 2 is 2.10 bits per heavy atom. The zero-order valence-electron chi connectivity index (χ0n) is 21.9. The summed E-state index contributed by atoms with van der Waals surface area (Å²) >= 11 is 1.23. The van der Waals surface area contributed by atoms with Crippen molar-refractivity contribution in [3.8, 4) is 5.75 Å². The molecule has 11 heteroatoms. The van der Waals surface area contributed by atoms with Crippen LogP contribution in [0.4, 0.5) is 18.9 Å². The number of aromatic nitrogens is 2. The summed E-state index contributed by atoms with van der Waals surface area (Å²) in [7, 11) is 1.20. The van der Waals surface area contributed by atoms with Gasteiger partial charge in [-0.15, -0.1) is 0 Å². The van der Waals surface area contributed by atoms with Crippen molar-refractivity contribution in [2.45, 2.75) is 38.5 Å². The molecule has 0 radical (unpaired) electrons. The molecule has 0 bridgehead atoms. The average molecular weight is 585 g/mol. The minimum absolute atomic E-state index is 0.0132. The van der Waals surface area contributed by atoms with Crippen LogP contribution in [0.2, 0.25) is 0 Å².